The Morgan fingerprint density at radius 3 is 2.62 bits per heavy atom. The van der Waals surface area contributed by atoms with Gasteiger partial charge in [0, 0.05) is 20.1 Å². The Hall–Kier alpha value is -2.04. The topological polar surface area (TPSA) is 102 Å². The molecule has 0 bridgehead atoms. The second-order valence-electron chi connectivity index (χ2n) is 4.91. The molecule has 10 heteroatoms. The average molecular weight is 360 g/mol. The van der Waals surface area contributed by atoms with Crippen molar-refractivity contribution in [2.75, 3.05) is 40.0 Å². The summed E-state index contributed by atoms with van der Waals surface area (Å²) in [5.74, 6) is -2.41. The first-order valence-corrected chi connectivity index (χ1v) is 8.55. The molecule has 24 heavy (non-hydrogen) atoms. The van der Waals surface area contributed by atoms with E-state index in [0.29, 0.717) is 0 Å². The summed E-state index contributed by atoms with van der Waals surface area (Å²) in [4.78, 5) is 22.3. The van der Waals surface area contributed by atoms with Crippen LogP contribution in [0.2, 0.25) is 0 Å². The molecular formula is C14H17FN2O6S. The molecule has 2 rings (SSSR count). The van der Waals surface area contributed by atoms with Crippen LogP contribution in [0.3, 0.4) is 0 Å². The van der Waals surface area contributed by atoms with Crippen LogP contribution in [0.5, 0.6) is 0 Å². The van der Waals surface area contributed by atoms with Gasteiger partial charge in [-0.25, -0.2) is 17.6 Å². The number of esters is 1. The molecule has 1 amide bonds. The van der Waals surface area contributed by atoms with E-state index in [1.807, 2.05) is 0 Å². The first-order valence-electron chi connectivity index (χ1n) is 7.11. The SMILES string of the molecule is CNC(=O)COC(=O)c1ccc(F)c(S(=O)(=O)N2CCOCC2)c1. The van der Waals surface area contributed by atoms with Crippen molar-refractivity contribution in [3.8, 4) is 0 Å². The summed E-state index contributed by atoms with van der Waals surface area (Å²) >= 11 is 0. The van der Waals surface area contributed by atoms with Crippen molar-refractivity contribution >= 4 is 21.9 Å². The number of halogens is 1. The molecule has 0 atom stereocenters. The number of rotatable bonds is 5. The Morgan fingerprint density at radius 1 is 1.33 bits per heavy atom. The zero-order chi connectivity index (χ0) is 17.7. The van der Waals surface area contributed by atoms with Gasteiger partial charge < -0.3 is 14.8 Å². The zero-order valence-electron chi connectivity index (χ0n) is 13.0. The van der Waals surface area contributed by atoms with Gasteiger partial charge in [-0.05, 0) is 18.2 Å². The van der Waals surface area contributed by atoms with Gasteiger partial charge in [0.05, 0.1) is 18.8 Å². The Morgan fingerprint density at radius 2 is 2.00 bits per heavy atom. The molecule has 0 unspecified atom stereocenters. The summed E-state index contributed by atoms with van der Waals surface area (Å²) in [7, 11) is -2.72. The number of nitrogens with zero attached hydrogens (tertiary/aromatic N) is 1. The van der Waals surface area contributed by atoms with Crippen LogP contribution < -0.4 is 5.32 Å². The fourth-order valence-electron chi connectivity index (χ4n) is 2.04. The lowest BCUT2D eigenvalue weighted by Crippen LogP contribution is -2.41. The minimum atomic E-state index is -4.09. The summed E-state index contributed by atoms with van der Waals surface area (Å²) in [5, 5.41) is 2.27. The van der Waals surface area contributed by atoms with Crippen LogP contribution in [0.25, 0.3) is 0 Å². The molecule has 0 saturated carbocycles. The summed E-state index contributed by atoms with van der Waals surface area (Å²) < 4.78 is 49.9. The van der Waals surface area contributed by atoms with E-state index in [0.717, 1.165) is 22.5 Å². The van der Waals surface area contributed by atoms with Crippen LogP contribution in [0, 0.1) is 5.82 Å². The minimum Gasteiger partial charge on any atom is -0.452 e. The molecule has 0 radical (unpaired) electrons. The normalized spacial score (nSPS) is 15.8. The predicted octanol–water partition coefficient (Wildman–Crippen LogP) is -0.251. The number of sulfonamides is 1. The smallest absolute Gasteiger partial charge is 0.338 e. The number of amides is 1. The highest BCUT2D eigenvalue weighted by Gasteiger charge is 2.30. The third kappa shape index (κ3) is 4.08. The largest absolute Gasteiger partial charge is 0.452 e. The van der Waals surface area contributed by atoms with Gasteiger partial charge in [-0.3, -0.25) is 4.79 Å². The molecule has 0 aromatic heterocycles. The van der Waals surface area contributed by atoms with Crippen LogP contribution in [0.15, 0.2) is 23.1 Å². The summed E-state index contributed by atoms with van der Waals surface area (Å²) in [6.07, 6.45) is 0. The van der Waals surface area contributed by atoms with Crippen LogP contribution in [0.1, 0.15) is 10.4 Å². The maximum Gasteiger partial charge on any atom is 0.338 e. The molecule has 8 nitrogen and oxygen atoms in total. The van der Waals surface area contributed by atoms with Gasteiger partial charge in [0.25, 0.3) is 5.91 Å². The fraction of sp³-hybridized carbons (Fsp3) is 0.429. The van der Waals surface area contributed by atoms with E-state index in [9.17, 15) is 22.4 Å². The third-order valence-corrected chi connectivity index (χ3v) is 5.28. The molecule has 1 heterocycles. The van der Waals surface area contributed by atoms with Crippen LogP contribution >= 0.6 is 0 Å². The van der Waals surface area contributed by atoms with Gasteiger partial charge in [0.2, 0.25) is 10.0 Å². The second-order valence-corrected chi connectivity index (χ2v) is 6.82. The maximum absolute atomic E-state index is 14.0. The summed E-state index contributed by atoms with van der Waals surface area (Å²) in [6, 6.07) is 2.88. The predicted molar refractivity (Wildman–Crippen MR) is 80.3 cm³/mol. The fourth-order valence-corrected chi connectivity index (χ4v) is 3.54. The van der Waals surface area contributed by atoms with Crippen molar-refractivity contribution in [2.45, 2.75) is 4.90 Å². The Labute approximate surface area is 138 Å². The lowest BCUT2D eigenvalue weighted by molar-refractivity contribution is -0.123. The van der Waals surface area contributed by atoms with E-state index in [-0.39, 0.29) is 31.9 Å². The van der Waals surface area contributed by atoms with Crippen LogP contribution in [0.4, 0.5) is 4.39 Å². The highest BCUT2D eigenvalue weighted by Crippen LogP contribution is 2.22. The molecular weight excluding hydrogens is 343 g/mol. The molecule has 0 aliphatic carbocycles. The monoisotopic (exact) mass is 360 g/mol. The first kappa shape index (κ1) is 18.3. The van der Waals surface area contributed by atoms with E-state index in [4.69, 9.17) is 9.47 Å². The Kier molecular flexibility index (Phi) is 5.86. The van der Waals surface area contributed by atoms with E-state index in [2.05, 4.69) is 5.32 Å². The highest BCUT2D eigenvalue weighted by atomic mass is 32.2. The van der Waals surface area contributed by atoms with Crippen molar-refractivity contribution in [2.24, 2.45) is 0 Å². The molecule has 1 aliphatic rings. The number of hydrogen-bond donors (Lipinski definition) is 1. The number of carbonyl (C=O) groups is 2. The molecule has 1 aromatic rings. The molecule has 1 N–H and O–H groups in total. The molecule has 1 fully saturated rings. The number of ether oxygens (including phenoxy) is 2. The van der Waals surface area contributed by atoms with Crippen molar-refractivity contribution in [1.29, 1.82) is 0 Å². The second kappa shape index (κ2) is 7.69. The van der Waals surface area contributed by atoms with Gasteiger partial charge in [-0.15, -0.1) is 0 Å². The van der Waals surface area contributed by atoms with Crippen molar-refractivity contribution in [3.63, 3.8) is 0 Å². The highest BCUT2D eigenvalue weighted by molar-refractivity contribution is 7.89. The number of likely N-dealkylation sites (N-methyl/N-ethyl adjacent to an activating group) is 1. The quantitative estimate of drug-likeness (QED) is 0.727. The Balaban J connectivity index is 2.24. The van der Waals surface area contributed by atoms with Gasteiger partial charge in [0.1, 0.15) is 10.7 Å². The summed E-state index contributed by atoms with van der Waals surface area (Å²) in [6.45, 7) is 0.127. The minimum absolute atomic E-state index is 0.104. The van der Waals surface area contributed by atoms with E-state index < -0.39 is 39.2 Å². The van der Waals surface area contributed by atoms with Gasteiger partial charge in [0.15, 0.2) is 6.61 Å². The molecule has 1 aliphatic heterocycles. The number of benzene rings is 1. The lowest BCUT2D eigenvalue weighted by atomic mass is 10.2. The Bertz CT molecular complexity index is 731. The summed E-state index contributed by atoms with van der Waals surface area (Å²) in [5.41, 5.74) is -0.160. The standard InChI is InChI=1S/C14H17FN2O6S/c1-16-13(18)9-23-14(19)10-2-3-11(15)12(8-10)24(20,21)17-4-6-22-7-5-17/h2-3,8H,4-7,9H2,1H3,(H,16,18). The van der Waals surface area contributed by atoms with Crippen LogP contribution in [-0.4, -0.2) is 64.6 Å². The van der Waals surface area contributed by atoms with E-state index in [1.54, 1.807) is 0 Å². The number of carbonyl (C=O) groups excluding carboxylic acids is 2. The number of nitrogens with one attached hydrogen (secondary N) is 1. The van der Waals surface area contributed by atoms with Crippen molar-refractivity contribution in [3.05, 3.63) is 29.6 Å². The molecule has 0 spiro atoms. The lowest BCUT2D eigenvalue weighted by Gasteiger charge is -2.26. The molecule has 1 saturated heterocycles. The van der Waals surface area contributed by atoms with E-state index in [1.165, 1.54) is 7.05 Å². The van der Waals surface area contributed by atoms with Gasteiger partial charge in [-0.2, -0.15) is 4.31 Å². The number of morpholine rings is 1. The van der Waals surface area contributed by atoms with Gasteiger partial charge >= 0.3 is 5.97 Å². The van der Waals surface area contributed by atoms with Crippen molar-refractivity contribution in [1.82, 2.24) is 9.62 Å². The molecule has 132 valence electrons. The van der Waals surface area contributed by atoms with Gasteiger partial charge in [-0.1, -0.05) is 0 Å². The van der Waals surface area contributed by atoms with Crippen LogP contribution in [-0.2, 0) is 24.3 Å². The zero-order valence-corrected chi connectivity index (χ0v) is 13.8. The maximum atomic E-state index is 14.0. The molecule has 1 aromatic carbocycles. The first-order chi connectivity index (χ1) is 11.4. The number of hydrogen-bond acceptors (Lipinski definition) is 6. The third-order valence-electron chi connectivity index (χ3n) is 3.37. The van der Waals surface area contributed by atoms with E-state index >= 15 is 0 Å². The average Bonchev–Trinajstić information content (AvgIpc) is 2.60. The van der Waals surface area contributed by atoms with Crippen molar-refractivity contribution < 1.29 is 31.9 Å².